The van der Waals surface area contributed by atoms with Crippen LogP contribution in [0.4, 0.5) is 26.0 Å². The number of halogens is 3. The van der Waals surface area contributed by atoms with E-state index in [4.69, 9.17) is 22.1 Å². The molecular formula is C14H14ClF2N3O. The summed E-state index contributed by atoms with van der Waals surface area (Å²) in [6, 6.07) is 4.86. The Bertz CT molecular complexity index is 642. The fraction of sp³-hybridized carbons (Fsp3) is 0.214. The molecule has 0 saturated carbocycles. The van der Waals surface area contributed by atoms with Crippen LogP contribution < -0.4 is 15.8 Å². The van der Waals surface area contributed by atoms with Crippen LogP contribution in [-0.2, 0) is 0 Å². The molecule has 0 aliphatic heterocycles. The summed E-state index contributed by atoms with van der Waals surface area (Å²) in [5.41, 5.74) is 6.04. The number of nitrogen functional groups attached to an aromatic ring is 1. The summed E-state index contributed by atoms with van der Waals surface area (Å²) < 4.78 is 32.2. The summed E-state index contributed by atoms with van der Waals surface area (Å²) in [5, 5.41) is 2.60. The molecule has 7 heteroatoms. The number of benzene rings is 1. The molecule has 2 rings (SSSR count). The van der Waals surface area contributed by atoms with Gasteiger partial charge < -0.3 is 15.8 Å². The van der Waals surface area contributed by atoms with Gasteiger partial charge in [0.1, 0.15) is 11.6 Å². The molecule has 1 heterocycles. The van der Waals surface area contributed by atoms with Crippen LogP contribution in [0, 0.1) is 11.6 Å². The van der Waals surface area contributed by atoms with E-state index >= 15 is 0 Å². The molecule has 1 aromatic heterocycles. The third kappa shape index (κ3) is 3.72. The predicted molar refractivity (Wildman–Crippen MR) is 79.1 cm³/mol. The second-order valence-electron chi connectivity index (χ2n) is 4.63. The molecule has 1 aromatic carbocycles. The fourth-order valence-corrected chi connectivity index (χ4v) is 1.87. The average Bonchev–Trinajstić information content (AvgIpc) is 2.37. The van der Waals surface area contributed by atoms with Gasteiger partial charge >= 0.3 is 0 Å². The number of anilines is 3. The summed E-state index contributed by atoms with van der Waals surface area (Å²) in [6.07, 6.45) is -0.110. The van der Waals surface area contributed by atoms with E-state index in [0.717, 1.165) is 12.1 Å². The molecule has 4 nitrogen and oxygen atoms in total. The summed E-state index contributed by atoms with van der Waals surface area (Å²) in [5.74, 6) is -1.05. The first-order valence-electron chi connectivity index (χ1n) is 6.21. The van der Waals surface area contributed by atoms with Gasteiger partial charge in [-0.2, -0.15) is 4.98 Å². The first-order valence-corrected chi connectivity index (χ1v) is 6.59. The molecule has 0 bridgehead atoms. The van der Waals surface area contributed by atoms with E-state index in [1.807, 2.05) is 13.8 Å². The van der Waals surface area contributed by atoms with Crippen molar-refractivity contribution in [3.63, 3.8) is 0 Å². The molecule has 0 saturated heterocycles. The van der Waals surface area contributed by atoms with Crippen LogP contribution in [0.15, 0.2) is 24.3 Å². The number of aromatic nitrogens is 1. The van der Waals surface area contributed by atoms with Crippen LogP contribution in [0.5, 0.6) is 5.88 Å². The van der Waals surface area contributed by atoms with E-state index in [0.29, 0.717) is 5.69 Å². The van der Waals surface area contributed by atoms with Gasteiger partial charge in [-0.3, -0.25) is 0 Å². The molecule has 0 spiro atoms. The van der Waals surface area contributed by atoms with Gasteiger partial charge in [-0.15, -0.1) is 0 Å². The van der Waals surface area contributed by atoms with Crippen molar-refractivity contribution in [1.82, 2.24) is 4.98 Å². The zero-order chi connectivity index (χ0) is 15.6. The highest BCUT2D eigenvalue weighted by Gasteiger charge is 2.12. The summed E-state index contributed by atoms with van der Waals surface area (Å²) in [7, 11) is 0. The highest BCUT2D eigenvalue weighted by Crippen LogP contribution is 2.30. The lowest BCUT2D eigenvalue weighted by Gasteiger charge is -2.14. The molecule has 21 heavy (non-hydrogen) atoms. The normalized spacial score (nSPS) is 10.8. The van der Waals surface area contributed by atoms with Gasteiger partial charge in [0, 0.05) is 6.07 Å². The Kier molecular flexibility index (Phi) is 4.47. The van der Waals surface area contributed by atoms with Crippen molar-refractivity contribution in [1.29, 1.82) is 0 Å². The molecule has 0 aliphatic rings. The lowest BCUT2D eigenvalue weighted by atomic mass is 10.3. The molecule has 2 aromatic rings. The highest BCUT2D eigenvalue weighted by molar-refractivity contribution is 6.33. The summed E-state index contributed by atoms with van der Waals surface area (Å²) in [6.45, 7) is 3.66. The largest absolute Gasteiger partial charge is 0.473 e. The number of pyridine rings is 1. The van der Waals surface area contributed by atoms with Crippen LogP contribution in [0.1, 0.15) is 13.8 Å². The topological polar surface area (TPSA) is 60.2 Å². The Morgan fingerprint density at radius 1 is 1.29 bits per heavy atom. The first-order chi connectivity index (χ1) is 9.86. The summed E-state index contributed by atoms with van der Waals surface area (Å²) >= 11 is 5.81. The monoisotopic (exact) mass is 313 g/mol. The second-order valence-corrected chi connectivity index (χ2v) is 5.03. The average molecular weight is 314 g/mol. The molecule has 0 radical (unpaired) electrons. The summed E-state index contributed by atoms with van der Waals surface area (Å²) in [4.78, 5) is 4.13. The number of hydrogen-bond donors (Lipinski definition) is 2. The number of nitrogens with two attached hydrogens (primary N) is 1. The molecule has 0 aliphatic carbocycles. The van der Waals surface area contributed by atoms with E-state index in [9.17, 15) is 8.78 Å². The Morgan fingerprint density at radius 2 is 2.00 bits per heavy atom. The number of hydrogen-bond acceptors (Lipinski definition) is 4. The number of ether oxygens (including phenoxy) is 1. The lowest BCUT2D eigenvalue weighted by Crippen LogP contribution is -2.10. The maximum absolute atomic E-state index is 13.7. The minimum atomic E-state index is -0.815. The number of nitrogens with one attached hydrogen (secondary N) is 1. The Labute approximate surface area is 125 Å². The third-order valence-electron chi connectivity index (χ3n) is 2.50. The van der Waals surface area contributed by atoms with Crippen molar-refractivity contribution in [2.24, 2.45) is 0 Å². The molecule has 0 fully saturated rings. The van der Waals surface area contributed by atoms with Crippen molar-refractivity contribution in [3.05, 3.63) is 40.9 Å². The maximum atomic E-state index is 13.7. The molecule has 0 amide bonds. The van der Waals surface area contributed by atoms with Crippen molar-refractivity contribution in [2.75, 3.05) is 11.1 Å². The lowest BCUT2D eigenvalue weighted by molar-refractivity contribution is 0.234. The highest BCUT2D eigenvalue weighted by atomic mass is 35.5. The zero-order valence-electron chi connectivity index (χ0n) is 11.5. The van der Waals surface area contributed by atoms with Gasteiger partial charge in [0.05, 0.1) is 22.5 Å². The maximum Gasteiger partial charge on any atom is 0.239 e. The minimum absolute atomic E-state index is 0.0640. The van der Waals surface area contributed by atoms with Gasteiger partial charge in [0.2, 0.25) is 5.88 Å². The predicted octanol–water partition coefficient (Wildman–Crippen LogP) is 4.13. The van der Waals surface area contributed by atoms with E-state index in [2.05, 4.69) is 10.3 Å². The van der Waals surface area contributed by atoms with Gasteiger partial charge in [0.25, 0.3) is 0 Å². The molecule has 0 atom stereocenters. The van der Waals surface area contributed by atoms with Crippen molar-refractivity contribution >= 4 is 28.8 Å². The third-order valence-corrected chi connectivity index (χ3v) is 2.80. The van der Waals surface area contributed by atoms with E-state index in [-0.39, 0.29) is 28.5 Å². The smallest absolute Gasteiger partial charge is 0.239 e. The minimum Gasteiger partial charge on any atom is -0.473 e. The Balaban J connectivity index is 2.32. The molecular weight excluding hydrogens is 300 g/mol. The van der Waals surface area contributed by atoms with Crippen LogP contribution in [0.25, 0.3) is 0 Å². The van der Waals surface area contributed by atoms with E-state index in [1.54, 1.807) is 12.1 Å². The van der Waals surface area contributed by atoms with Crippen LogP contribution >= 0.6 is 11.6 Å². The zero-order valence-corrected chi connectivity index (χ0v) is 12.2. The fourth-order valence-electron chi connectivity index (χ4n) is 1.63. The van der Waals surface area contributed by atoms with Crippen LogP contribution in [0.3, 0.4) is 0 Å². The van der Waals surface area contributed by atoms with Crippen molar-refractivity contribution in [2.45, 2.75) is 20.0 Å². The van der Waals surface area contributed by atoms with E-state index in [1.165, 1.54) is 0 Å². The standard InChI is InChI=1S/C14H14ClF2N3O/c1-7(2)21-14-11(18)3-4-12(20-14)19-13-9(15)5-8(16)6-10(13)17/h3-7H,18H2,1-2H3,(H,19,20). The molecule has 0 unspecified atom stereocenters. The number of nitrogens with zero attached hydrogens (tertiary/aromatic N) is 1. The quantitative estimate of drug-likeness (QED) is 0.891. The van der Waals surface area contributed by atoms with E-state index < -0.39 is 11.6 Å². The van der Waals surface area contributed by atoms with Crippen molar-refractivity contribution in [3.8, 4) is 5.88 Å². The second kappa shape index (κ2) is 6.13. The number of rotatable bonds is 4. The van der Waals surface area contributed by atoms with Crippen LogP contribution in [0.2, 0.25) is 5.02 Å². The first kappa shape index (κ1) is 15.3. The van der Waals surface area contributed by atoms with Gasteiger partial charge in [-0.25, -0.2) is 8.78 Å². The van der Waals surface area contributed by atoms with Gasteiger partial charge in [0.15, 0.2) is 5.82 Å². The molecule has 112 valence electrons. The van der Waals surface area contributed by atoms with Crippen LogP contribution in [-0.4, -0.2) is 11.1 Å². The van der Waals surface area contributed by atoms with Crippen molar-refractivity contribution < 1.29 is 13.5 Å². The Morgan fingerprint density at radius 3 is 2.62 bits per heavy atom. The van der Waals surface area contributed by atoms with Gasteiger partial charge in [-0.1, -0.05) is 11.6 Å². The molecule has 3 N–H and O–H groups in total. The SMILES string of the molecule is CC(C)Oc1nc(Nc2c(F)cc(F)cc2Cl)ccc1N. The Hall–Kier alpha value is -2.08. The van der Waals surface area contributed by atoms with Gasteiger partial charge in [-0.05, 0) is 32.0 Å².